The standard InChI is InChI=1S/C11H14N4O2S/c1-8-2-3-9(12)6-11(8)18(16,17)14-7-10-4-5-13-15-10/h2-6,14H,7,12H2,1H3,(H,13,15). The first kappa shape index (κ1) is 12.6. The van der Waals surface area contributed by atoms with Gasteiger partial charge in [-0.1, -0.05) is 6.07 Å². The molecule has 0 saturated carbocycles. The minimum Gasteiger partial charge on any atom is -0.399 e. The lowest BCUT2D eigenvalue weighted by atomic mass is 10.2. The van der Waals surface area contributed by atoms with Crippen LogP contribution in [0.25, 0.3) is 0 Å². The van der Waals surface area contributed by atoms with E-state index in [1.807, 2.05) is 0 Å². The van der Waals surface area contributed by atoms with Crippen LogP contribution >= 0.6 is 0 Å². The number of hydrogen-bond donors (Lipinski definition) is 3. The van der Waals surface area contributed by atoms with Gasteiger partial charge in [0.15, 0.2) is 0 Å². The zero-order chi connectivity index (χ0) is 13.2. The van der Waals surface area contributed by atoms with Crippen molar-refractivity contribution in [2.75, 3.05) is 5.73 Å². The maximum Gasteiger partial charge on any atom is 0.241 e. The van der Waals surface area contributed by atoms with E-state index in [4.69, 9.17) is 5.73 Å². The second kappa shape index (κ2) is 4.79. The van der Waals surface area contributed by atoms with Gasteiger partial charge in [-0.15, -0.1) is 0 Å². The SMILES string of the molecule is Cc1ccc(N)cc1S(=O)(=O)NCc1ccn[nH]1. The minimum absolute atomic E-state index is 0.163. The number of H-pyrrole nitrogens is 1. The Morgan fingerprint density at radius 3 is 2.83 bits per heavy atom. The molecule has 0 aliphatic heterocycles. The molecule has 0 amide bonds. The smallest absolute Gasteiger partial charge is 0.241 e. The van der Waals surface area contributed by atoms with Gasteiger partial charge >= 0.3 is 0 Å². The minimum atomic E-state index is -3.57. The van der Waals surface area contributed by atoms with Crippen LogP contribution in [0.2, 0.25) is 0 Å². The van der Waals surface area contributed by atoms with Crippen LogP contribution in [0.15, 0.2) is 35.4 Å². The predicted molar refractivity (Wildman–Crippen MR) is 68.2 cm³/mol. The van der Waals surface area contributed by atoms with Crippen LogP contribution in [0.1, 0.15) is 11.3 Å². The molecular weight excluding hydrogens is 252 g/mol. The fourth-order valence-electron chi connectivity index (χ4n) is 1.54. The van der Waals surface area contributed by atoms with E-state index in [0.717, 1.165) is 0 Å². The first-order chi connectivity index (χ1) is 8.49. The van der Waals surface area contributed by atoms with Gasteiger partial charge < -0.3 is 5.73 Å². The molecule has 7 heteroatoms. The van der Waals surface area contributed by atoms with E-state index in [2.05, 4.69) is 14.9 Å². The van der Waals surface area contributed by atoms with E-state index in [1.54, 1.807) is 31.3 Å². The lowest BCUT2D eigenvalue weighted by Gasteiger charge is -2.09. The van der Waals surface area contributed by atoms with Crippen molar-refractivity contribution in [2.45, 2.75) is 18.4 Å². The summed E-state index contributed by atoms with van der Waals surface area (Å²) in [7, 11) is -3.57. The topological polar surface area (TPSA) is 101 Å². The van der Waals surface area contributed by atoms with E-state index in [-0.39, 0.29) is 11.4 Å². The number of aromatic amines is 1. The van der Waals surface area contributed by atoms with Crippen LogP contribution in [-0.4, -0.2) is 18.6 Å². The Labute approximate surface area is 105 Å². The number of aromatic nitrogens is 2. The number of benzene rings is 1. The molecule has 0 aliphatic rings. The number of nitrogen functional groups attached to an aromatic ring is 1. The molecule has 0 saturated heterocycles. The number of rotatable bonds is 4. The lowest BCUT2D eigenvalue weighted by Crippen LogP contribution is -2.24. The molecule has 2 aromatic rings. The van der Waals surface area contributed by atoms with Crippen molar-refractivity contribution in [3.8, 4) is 0 Å². The quantitative estimate of drug-likeness (QED) is 0.712. The average molecular weight is 266 g/mol. The second-order valence-electron chi connectivity index (χ2n) is 3.93. The predicted octanol–water partition coefficient (Wildman–Crippen LogP) is 0.779. The Balaban J connectivity index is 2.22. The highest BCUT2D eigenvalue weighted by Crippen LogP contribution is 2.18. The second-order valence-corrected chi connectivity index (χ2v) is 5.67. The molecule has 4 N–H and O–H groups in total. The van der Waals surface area contributed by atoms with Gasteiger partial charge in [-0.2, -0.15) is 5.10 Å². The Morgan fingerprint density at radius 2 is 2.17 bits per heavy atom. The molecule has 0 radical (unpaired) electrons. The highest BCUT2D eigenvalue weighted by molar-refractivity contribution is 7.89. The van der Waals surface area contributed by atoms with Gasteiger partial charge in [-0.3, -0.25) is 5.10 Å². The Hall–Kier alpha value is -1.86. The Morgan fingerprint density at radius 1 is 1.39 bits per heavy atom. The van der Waals surface area contributed by atoms with E-state index in [9.17, 15) is 8.42 Å². The van der Waals surface area contributed by atoms with E-state index in [1.165, 1.54) is 6.07 Å². The van der Waals surface area contributed by atoms with Gasteiger partial charge in [0.25, 0.3) is 0 Å². The molecule has 0 fully saturated rings. The number of nitrogens with one attached hydrogen (secondary N) is 2. The van der Waals surface area contributed by atoms with Crippen molar-refractivity contribution < 1.29 is 8.42 Å². The molecule has 6 nitrogen and oxygen atoms in total. The summed E-state index contributed by atoms with van der Waals surface area (Å²) in [4.78, 5) is 0.196. The zero-order valence-electron chi connectivity index (χ0n) is 9.84. The third-order valence-corrected chi connectivity index (χ3v) is 4.06. The van der Waals surface area contributed by atoms with Crippen molar-refractivity contribution in [1.29, 1.82) is 0 Å². The summed E-state index contributed by atoms with van der Waals surface area (Å²) in [5, 5.41) is 6.43. The maximum absolute atomic E-state index is 12.1. The summed E-state index contributed by atoms with van der Waals surface area (Å²) in [6.07, 6.45) is 1.56. The van der Waals surface area contributed by atoms with Gasteiger partial charge in [-0.25, -0.2) is 13.1 Å². The third kappa shape index (κ3) is 2.69. The first-order valence-electron chi connectivity index (χ1n) is 5.33. The van der Waals surface area contributed by atoms with Gasteiger partial charge in [0, 0.05) is 11.9 Å². The number of hydrogen-bond acceptors (Lipinski definition) is 4. The van der Waals surface area contributed by atoms with Crippen LogP contribution in [0.4, 0.5) is 5.69 Å². The molecule has 1 aromatic carbocycles. The fourth-order valence-corrected chi connectivity index (χ4v) is 2.82. The van der Waals surface area contributed by atoms with Crippen molar-refractivity contribution in [3.63, 3.8) is 0 Å². The molecule has 2 rings (SSSR count). The normalized spacial score (nSPS) is 11.6. The molecule has 96 valence electrons. The van der Waals surface area contributed by atoms with E-state index < -0.39 is 10.0 Å². The van der Waals surface area contributed by atoms with Crippen LogP contribution in [-0.2, 0) is 16.6 Å². The molecule has 0 bridgehead atoms. The zero-order valence-corrected chi connectivity index (χ0v) is 10.7. The molecule has 18 heavy (non-hydrogen) atoms. The maximum atomic E-state index is 12.1. The molecule has 0 atom stereocenters. The summed E-state index contributed by atoms with van der Waals surface area (Å²) < 4.78 is 26.7. The van der Waals surface area contributed by atoms with Crippen molar-refractivity contribution in [3.05, 3.63) is 41.7 Å². The average Bonchev–Trinajstić information content (AvgIpc) is 2.83. The van der Waals surface area contributed by atoms with E-state index in [0.29, 0.717) is 16.9 Å². The van der Waals surface area contributed by atoms with Crippen molar-refractivity contribution >= 4 is 15.7 Å². The van der Waals surface area contributed by atoms with Crippen LogP contribution in [0, 0.1) is 6.92 Å². The summed E-state index contributed by atoms with van der Waals surface area (Å²) in [5.74, 6) is 0. The number of anilines is 1. The third-order valence-electron chi connectivity index (χ3n) is 2.51. The van der Waals surface area contributed by atoms with Gasteiger partial charge in [-0.05, 0) is 30.7 Å². The highest BCUT2D eigenvalue weighted by Gasteiger charge is 2.16. The van der Waals surface area contributed by atoms with Crippen LogP contribution < -0.4 is 10.5 Å². The molecule has 0 spiro atoms. The van der Waals surface area contributed by atoms with Crippen molar-refractivity contribution in [1.82, 2.24) is 14.9 Å². The summed E-state index contributed by atoms with van der Waals surface area (Å²) >= 11 is 0. The number of nitrogens with zero attached hydrogens (tertiary/aromatic N) is 1. The largest absolute Gasteiger partial charge is 0.399 e. The summed E-state index contributed by atoms with van der Waals surface area (Å²) in [5.41, 5.74) is 7.37. The Bertz CT molecular complexity index is 635. The number of nitrogens with two attached hydrogens (primary N) is 1. The molecule has 0 aliphatic carbocycles. The monoisotopic (exact) mass is 266 g/mol. The lowest BCUT2D eigenvalue weighted by molar-refractivity contribution is 0.580. The summed E-state index contributed by atoms with van der Waals surface area (Å²) in [6, 6.07) is 6.50. The fraction of sp³-hybridized carbons (Fsp3) is 0.182. The van der Waals surface area contributed by atoms with Crippen LogP contribution in [0.5, 0.6) is 0 Å². The van der Waals surface area contributed by atoms with Gasteiger partial charge in [0.2, 0.25) is 10.0 Å². The molecule has 1 aromatic heterocycles. The molecular formula is C11H14N4O2S. The van der Waals surface area contributed by atoms with Gasteiger partial charge in [0.1, 0.15) is 0 Å². The Kier molecular flexibility index (Phi) is 3.35. The molecule has 1 heterocycles. The number of sulfonamides is 1. The van der Waals surface area contributed by atoms with Gasteiger partial charge in [0.05, 0.1) is 17.1 Å². The first-order valence-corrected chi connectivity index (χ1v) is 6.81. The molecule has 0 unspecified atom stereocenters. The van der Waals surface area contributed by atoms with E-state index >= 15 is 0 Å². The highest BCUT2D eigenvalue weighted by atomic mass is 32.2. The van der Waals surface area contributed by atoms with Crippen LogP contribution in [0.3, 0.4) is 0 Å². The summed E-state index contributed by atoms with van der Waals surface area (Å²) in [6.45, 7) is 1.89. The van der Waals surface area contributed by atoms with Crippen molar-refractivity contribution in [2.24, 2.45) is 0 Å². The number of aryl methyl sites for hydroxylation is 1.